The second-order valence-electron chi connectivity index (χ2n) is 4.85. The van der Waals surface area contributed by atoms with E-state index in [9.17, 15) is 9.59 Å². The van der Waals surface area contributed by atoms with Gasteiger partial charge in [0.2, 0.25) is 11.8 Å². The third-order valence-electron chi connectivity index (χ3n) is 2.97. The quantitative estimate of drug-likeness (QED) is 0.692. The number of rotatable bonds is 8. The molecule has 20 heavy (non-hydrogen) atoms. The molecule has 112 valence electrons. The predicted octanol–water partition coefficient (Wildman–Crippen LogP) is -0.104. The fourth-order valence-corrected chi connectivity index (χ4v) is 1.71. The first kappa shape index (κ1) is 16.1. The summed E-state index contributed by atoms with van der Waals surface area (Å²) in [6.45, 7) is 1.99. The summed E-state index contributed by atoms with van der Waals surface area (Å²) in [6, 6.07) is -0.00958. The maximum atomic E-state index is 11.8. The van der Waals surface area contributed by atoms with Gasteiger partial charge >= 0.3 is 0 Å². The number of hydrogen-bond donors (Lipinski definition) is 2. The van der Waals surface area contributed by atoms with Crippen LogP contribution >= 0.6 is 0 Å². The summed E-state index contributed by atoms with van der Waals surface area (Å²) in [7, 11) is 3.42. The molecule has 0 aliphatic rings. The van der Waals surface area contributed by atoms with Crippen molar-refractivity contribution in [3.8, 4) is 0 Å². The van der Waals surface area contributed by atoms with Gasteiger partial charge in [-0.1, -0.05) is 12.1 Å². The summed E-state index contributed by atoms with van der Waals surface area (Å²) < 4.78 is 0. The van der Waals surface area contributed by atoms with Gasteiger partial charge in [-0.3, -0.25) is 9.59 Å². The number of amides is 2. The van der Waals surface area contributed by atoms with Crippen LogP contribution in [0.2, 0.25) is 0 Å². The van der Waals surface area contributed by atoms with E-state index in [1.807, 2.05) is 6.92 Å². The van der Waals surface area contributed by atoms with Crippen molar-refractivity contribution in [1.29, 1.82) is 0 Å². The van der Waals surface area contributed by atoms with Crippen molar-refractivity contribution in [2.45, 2.75) is 45.1 Å². The molecule has 0 saturated carbocycles. The Bertz CT molecular complexity index is 418. The van der Waals surface area contributed by atoms with E-state index in [4.69, 9.17) is 0 Å². The molecule has 2 amide bonds. The highest BCUT2D eigenvalue weighted by Crippen LogP contribution is 2.02. The first-order valence-electron chi connectivity index (χ1n) is 6.74. The van der Waals surface area contributed by atoms with Crippen LogP contribution in [-0.4, -0.2) is 57.5 Å². The minimum Gasteiger partial charge on any atom is -0.353 e. The number of tetrazole rings is 1. The lowest BCUT2D eigenvalue weighted by Crippen LogP contribution is -2.36. The molecule has 0 fully saturated rings. The molecule has 1 aromatic heterocycles. The molecular weight excluding hydrogens is 260 g/mol. The molecule has 1 unspecified atom stereocenters. The third kappa shape index (κ3) is 5.77. The number of H-pyrrole nitrogens is 1. The van der Waals surface area contributed by atoms with Gasteiger partial charge in [-0.15, -0.1) is 10.2 Å². The molecule has 8 nitrogen and oxygen atoms in total. The monoisotopic (exact) mass is 282 g/mol. The maximum Gasteiger partial charge on any atom is 0.222 e. The fraction of sp³-hybridized carbons (Fsp3) is 0.750. The molecule has 1 rings (SSSR count). The number of carbonyl (C=O) groups is 2. The van der Waals surface area contributed by atoms with Gasteiger partial charge in [0.05, 0.1) is 0 Å². The Morgan fingerprint density at radius 1 is 1.35 bits per heavy atom. The molecule has 2 N–H and O–H groups in total. The van der Waals surface area contributed by atoms with Gasteiger partial charge in [-0.25, -0.2) is 0 Å². The Kier molecular flexibility index (Phi) is 6.61. The molecule has 1 atom stereocenters. The minimum atomic E-state index is -0.0492. The first-order chi connectivity index (χ1) is 9.52. The van der Waals surface area contributed by atoms with Crippen molar-refractivity contribution < 1.29 is 9.59 Å². The largest absolute Gasteiger partial charge is 0.353 e. The molecule has 1 heterocycles. The summed E-state index contributed by atoms with van der Waals surface area (Å²) in [5.74, 6) is 0.573. The van der Waals surface area contributed by atoms with Gasteiger partial charge in [0.25, 0.3) is 0 Å². The van der Waals surface area contributed by atoms with E-state index in [1.54, 1.807) is 14.1 Å². The van der Waals surface area contributed by atoms with Crippen molar-refractivity contribution >= 4 is 11.8 Å². The van der Waals surface area contributed by atoms with E-state index >= 15 is 0 Å². The highest BCUT2D eigenvalue weighted by atomic mass is 16.2. The number of carbonyl (C=O) groups excluding carboxylic acids is 2. The topological polar surface area (TPSA) is 104 Å². The van der Waals surface area contributed by atoms with Crippen LogP contribution in [0, 0.1) is 0 Å². The van der Waals surface area contributed by atoms with Crippen molar-refractivity contribution in [3.63, 3.8) is 0 Å². The van der Waals surface area contributed by atoms with Crippen LogP contribution in [0.25, 0.3) is 0 Å². The standard InChI is InChI=1S/C12H22N6O2/c1-4-9(8-10-14-16-17-15-10)13-11(19)6-5-7-12(20)18(2)3/h9H,4-8H2,1-3H3,(H,13,19)(H,14,15,16,17). The van der Waals surface area contributed by atoms with E-state index < -0.39 is 0 Å². The average Bonchev–Trinajstić information content (AvgIpc) is 2.90. The average molecular weight is 282 g/mol. The summed E-state index contributed by atoms with van der Waals surface area (Å²) in [4.78, 5) is 24.7. The molecule has 1 aromatic rings. The Labute approximate surface area is 118 Å². The Morgan fingerprint density at radius 3 is 2.65 bits per heavy atom. The van der Waals surface area contributed by atoms with Crippen LogP contribution in [0.15, 0.2) is 0 Å². The molecular formula is C12H22N6O2. The van der Waals surface area contributed by atoms with E-state index in [2.05, 4.69) is 25.9 Å². The van der Waals surface area contributed by atoms with Gasteiger partial charge in [0.1, 0.15) is 0 Å². The van der Waals surface area contributed by atoms with Gasteiger partial charge < -0.3 is 10.2 Å². The van der Waals surface area contributed by atoms with E-state index in [0.717, 1.165) is 6.42 Å². The van der Waals surface area contributed by atoms with Crippen LogP contribution in [0.5, 0.6) is 0 Å². The molecule has 0 bridgehead atoms. The van der Waals surface area contributed by atoms with Gasteiger partial charge in [0, 0.05) is 39.4 Å². The second-order valence-corrected chi connectivity index (χ2v) is 4.85. The van der Waals surface area contributed by atoms with Crippen LogP contribution < -0.4 is 5.32 Å². The number of aromatic nitrogens is 4. The normalized spacial score (nSPS) is 11.9. The molecule has 0 saturated heterocycles. The van der Waals surface area contributed by atoms with E-state index in [-0.39, 0.29) is 17.9 Å². The van der Waals surface area contributed by atoms with Crippen LogP contribution in [-0.2, 0) is 16.0 Å². The lowest BCUT2D eigenvalue weighted by atomic mass is 10.1. The summed E-state index contributed by atoms with van der Waals surface area (Å²) in [5, 5.41) is 16.5. The second kappa shape index (κ2) is 8.23. The smallest absolute Gasteiger partial charge is 0.222 e. The van der Waals surface area contributed by atoms with Gasteiger partial charge in [0.15, 0.2) is 5.82 Å². The van der Waals surface area contributed by atoms with Gasteiger partial charge in [-0.2, -0.15) is 5.21 Å². The van der Waals surface area contributed by atoms with Crippen molar-refractivity contribution in [2.75, 3.05) is 14.1 Å². The Morgan fingerprint density at radius 2 is 2.10 bits per heavy atom. The molecule has 0 aromatic carbocycles. The highest BCUT2D eigenvalue weighted by Gasteiger charge is 2.14. The zero-order valence-corrected chi connectivity index (χ0v) is 12.2. The summed E-state index contributed by atoms with van der Waals surface area (Å²) in [6.07, 6.45) is 2.64. The lowest BCUT2D eigenvalue weighted by Gasteiger charge is -2.15. The highest BCUT2D eigenvalue weighted by molar-refractivity contribution is 5.78. The van der Waals surface area contributed by atoms with Crippen LogP contribution in [0.4, 0.5) is 0 Å². The zero-order chi connectivity index (χ0) is 15.0. The maximum absolute atomic E-state index is 11.8. The summed E-state index contributed by atoms with van der Waals surface area (Å²) in [5.41, 5.74) is 0. The van der Waals surface area contributed by atoms with Crippen LogP contribution in [0.1, 0.15) is 38.4 Å². The predicted molar refractivity (Wildman–Crippen MR) is 72.6 cm³/mol. The number of hydrogen-bond acceptors (Lipinski definition) is 5. The third-order valence-corrected chi connectivity index (χ3v) is 2.97. The minimum absolute atomic E-state index is 0.00958. The molecule has 0 radical (unpaired) electrons. The van der Waals surface area contributed by atoms with Crippen molar-refractivity contribution in [1.82, 2.24) is 30.8 Å². The molecule has 0 spiro atoms. The number of nitrogens with one attached hydrogen (secondary N) is 2. The molecule has 0 aliphatic heterocycles. The SMILES string of the molecule is CCC(Cc1nn[nH]n1)NC(=O)CCCC(=O)N(C)C. The first-order valence-corrected chi connectivity index (χ1v) is 6.74. The molecule has 0 aliphatic carbocycles. The van der Waals surface area contributed by atoms with Crippen LogP contribution in [0.3, 0.4) is 0 Å². The van der Waals surface area contributed by atoms with Crippen molar-refractivity contribution in [2.24, 2.45) is 0 Å². The van der Waals surface area contributed by atoms with E-state index in [1.165, 1.54) is 4.90 Å². The number of aromatic amines is 1. The lowest BCUT2D eigenvalue weighted by molar-refractivity contribution is -0.129. The van der Waals surface area contributed by atoms with Crippen molar-refractivity contribution in [3.05, 3.63) is 5.82 Å². The van der Waals surface area contributed by atoms with E-state index in [0.29, 0.717) is 31.5 Å². The Hall–Kier alpha value is -1.99. The van der Waals surface area contributed by atoms with Gasteiger partial charge in [-0.05, 0) is 12.8 Å². The number of nitrogens with zero attached hydrogens (tertiary/aromatic N) is 4. The summed E-state index contributed by atoms with van der Waals surface area (Å²) >= 11 is 0. The fourth-order valence-electron chi connectivity index (χ4n) is 1.71. The molecule has 8 heteroatoms. The Balaban J connectivity index is 2.27. The zero-order valence-electron chi connectivity index (χ0n) is 12.2.